The van der Waals surface area contributed by atoms with Gasteiger partial charge in [-0.15, -0.1) is 24.0 Å². The Balaban J connectivity index is 0.00000225. The smallest absolute Gasteiger partial charge is 0.193 e. The normalized spacial score (nSPS) is 20.0. The van der Waals surface area contributed by atoms with Crippen molar-refractivity contribution in [2.75, 3.05) is 51.6 Å². The number of halogens is 1. The molecule has 0 radical (unpaired) electrons. The molecule has 0 amide bonds. The van der Waals surface area contributed by atoms with Gasteiger partial charge in [-0.05, 0) is 55.5 Å². The van der Waals surface area contributed by atoms with Gasteiger partial charge >= 0.3 is 0 Å². The second-order valence-corrected chi connectivity index (χ2v) is 7.40. The van der Waals surface area contributed by atoms with Gasteiger partial charge in [0.25, 0.3) is 0 Å². The highest BCUT2D eigenvalue weighted by molar-refractivity contribution is 14.0. The van der Waals surface area contributed by atoms with Gasteiger partial charge in [-0.2, -0.15) is 0 Å². The molecule has 0 saturated carbocycles. The van der Waals surface area contributed by atoms with Crippen LogP contribution in [0.5, 0.6) is 0 Å². The zero-order chi connectivity index (χ0) is 16.9. The molecule has 25 heavy (non-hydrogen) atoms. The van der Waals surface area contributed by atoms with E-state index < -0.39 is 0 Å². The second-order valence-electron chi connectivity index (χ2n) is 7.40. The Hall–Kier alpha value is -0.860. The molecule has 6 heteroatoms. The Bertz CT molecular complexity index is 581. The Kier molecular flexibility index (Phi) is 7.96. The van der Waals surface area contributed by atoms with Crippen molar-refractivity contribution in [1.82, 2.24) is 9.80 Å². The number of anilines is 1. The van der Waals surface area contributed by atoms with E-state index in [4.69, 9.17) is 5.73 Å². The molecule has 1 heterocycles. The number of nitrogens with one attached hydrogen (secondary N) is 1. The van der Waals surface area contributed by atoms with Gasteiger partial charge in [-0.25, -0.2) is 0 Å². The molecule has 2 aliphatic rings. The summed E-state index contributed by atoms with van der Waals surface area (Å²) in [5.41, 5.74) is 10.1. The van der Waals surface area contributed by atoms with Gasteiger partial charge in [-0.1, -0.05) is 13.0 Å². The van der Waals surface area contributed by atoms with E-state index in [1.54, 1.807) is 0 Å². The highest BCUT2D eigenvalue weighted by Crippen LogP contribution is 2.24. The van der Waals surface area contributed by atoms with Gasteiger partial charge in [-0.3, -0.25) is 4.99 Å². The first-order valence-corrected chi connectivity index (χ1v) is 9.20. The number of guanidine groups is 1. The van der Waals surface area contributed by atoms with Crippen LogP contribution in [0.15, 0.2) is 23.2 Å². The SMILES string of the molecule is CC(CN=C(N)Nc1ccc2c(c1)CCC2)CN1CCN(C)CC1.I. The topological polar surface area (TPSA) is 56.9 Å². The van der Waals surface area contributed by atoms with Gasteiger partial charge in [0.15, 0.2) is 5.96 Å². The van der Waals surface area contributed by atoms with Crippen molar-refractivity contribution in [3.05, 3.63) is 29.3 Å². The highest BCUT2D eigenvalue weighted by Gasteiger charge is 2.16. The minimum absolute atomic E-state index is 0. The van der Waals surface area contributed by atoms with Crippen LogP contribution >= 0.6 is 24.0 Å². The van der Waals surface area contributed by atoms with E-state index in [-0.39, 0.29) is 24.0 Å². The van der Waals surface area contributed by atoms with E-state index in [9.17, 15) is 0 Å². The Labute approximate surface area is 169 Å². The molecule has 0 bridgehead atoms. The maximum atomic E-state index is 6.07. The lowest BCUT2D eigenvalue weighted by molar-refractivity contribution is 0.140. The van der Waals surface area contributed by atoms with E-state index in [0.717, 1.165) is 45.0 Å². The standard InChI is InChI=1S/C19H31N5.HI/c1-15(14-24-10-8-23(2)9-11-24)13-21-19(20)22-18-7-6-16-4-3-5-17(16)12-18;/h6-7,12,15H,3-5,8-11,13-14H2,1-2H3,(H3,20,21,22);1H. The van der Waals surface area contributed by atoms with E-state index >= 15 is 0 Å². The van der Waals surface area contributed by atoms with Crippen LogP contribution in [0.2, 0.25) is 0 Å². The summed E-state index contributed by atoms with van der Waals surface area (Å²) < 4.78 is 0. The summed E-state index contributed by atoms with van der Waals surface area (Å²) in [4.78, 5) is 9.46. The van der Waals surface area contributed by atoms with Gasteiger partial charge in [0, 0.05) is 45.0 Å². The van der Waals surface area contributed by atoms with Crippen molar-refractivity contribution < 1.29 is 0 Å². The first-order valence-electron chi connectivity index (χ1n) is 9.20. The number of aliphatic imine (C=N–C) groups is 1. The fourth-order valence-corrected chi connectivity index (χ4v) is 3.62. The molecule has 140 valence electrons. The predicted octanol–water partition coefficient (Wildman–Crippen LogP) is 2.40. The van der Waals surface area contributed by atoms with Crippen LogP contribution in [-0.4, -0.2) is 62.1 Å². The number of nitrogens with zero attached hydrogens (tertiary/aromatic N) is 3. The quantitative estimate of drug-likeness (QED) is 0.405. The van der Waals surface area contributed by atoms with E-state index in [0.29, 0.717) is 11.9 Å². The molecule has 1 aromatic carbocycles. The third-order valence-corrected chi connectivity index (χ3v) is 5.11. The van der Waals surface area contributed by atoms with Gasteiger partial charge in [0.05, 0.1) is 0 Å². The Morgan fingerprint density at radius 3 is 2.68 bits per heavy atom. The molecule has 0 spiro atoms. The summed E-state index contributed by atoms with van der Waals surface area (Å²) in [6, 6.07) is 6.55. The molecule has 0 aromatic heterocycles. The summed E-state index contributed by atoms with van der Waals surface area (Å²) in [5.74, 6) is 1.05. The van der Waals surface area contributed by atoms with Gasteiger partial charge in [0.2, 0.25) is 0 Å². The number of piperazine rings is 1. The van der Waals surface area contributed by atoms with Crippen molar-refractivity contribution in [1.29, 1.82) is 0 Å². The lowest BCUT2D eigenvalue weighted by Gasteiger charge is -2.33. The molecular formula is C19H32IN5. The van der Waals surface area contributed by atoms with Crippen molar-refractivity contribution >= 4 is 35.6 Å². The Morgan fingerprint density at radius 2 is 1.92 bits per heavy atom. The lowest BCUT2D eigenvalue weighted by atomic mass is 10.1. The molecule has 3 N–H and O–H groups in total. The van der Waals surface area contributed by atoms with E-state index in [1.807, 2.05) is 0 Å². The monoisotopic (exact) mass is 457 g/mol. The minimum atomic E-state index is 0. The van der Waals surface area contributed by atoms with Crippen molar-refractivity contribution in [3.63, 3.8) is 0 Å². The highest BCUT2D eigenvalue weighted by atomic mass is 127. The van der Waals surface area contributed by atoms with Crippen LogP contribution in [0.1, 0.15) is 24.5 Å². The minimum Gasteiger partial charge on any atom is -0.370 e. The molecule has 3 rings (SSSR count). The maximum Gasteiger partial charge on any atom is 0.193 e. The van der Waals surface area contributed by atoms with Gasteiger partial charge in [0.1, 0.15) is 0 Å². The molecule has 1 aromatic rings. The maximum absolute atomic E-state index is 6.07. The predicted molar refractivity (Wildman–Crippen MR) is 117 cm³/mol. The number of hydrogen-bond donors (Lipinski definition) is 2. The molecule has 1 aliphatic heterocycles. The molecule has 1 atom stereocenters. The summed E-state index contributed by atoms with van der Waals surface area (Å²) in [5, 5.41) is 3.24. The number of fused-ring (bicyclic) bond motifs is 1. The van der Waals surface area contributed by atoms with E-state index in [2.05, 4.69) is 52.3 Å². The average Bonchev–Trinajstić information content (AvgIpc) is 3.03. The molecule has 1 aliphatic carbocycles. The molecule has 1 saturated heterocycles. The first kappa shape index (κ1) is 20.5. The van der Waals surface area contributed by atoms with E-state index in [1.165, 1.54) is 30.4 Å². The number of rotatable bonds is 5. The number of nitrogens with two attached hydrogens (primary N) is 1. The molecule has 1 unspecified atom stereocenters. The van der Waals surface area contributed by atoms with Crippen LogP contribution in [-0.2, 0) is 12.8 Å². The van der Waals surface area contributed by atoms with Crippen molar-refractivity contribution in [2.24, 2.45) is 16.6 Å². The van der Waals surface area contributed by atoms with Crippen LogP contribution < -0.4 is 11.1 Å². The van der Waals surface area contributed by atoms with Crippen molar-refractivity contribution in [3.8, 4) is 0 Å². The molecule has 1 fully saturated rings. The molecule has 5 nitrogen and oxygen atoms in total. The number of aryl methyl sites for hydroxylation is 2. The summed E-state index contributed by atoms with van der Waals surface area (Å²) in [6.07, 6.45) is 3.67. The first-order chi connectivity index (χ1) is 11.6. The zero-order valence-corrected chi connectivity index (χ0v) is 17.8. The summed E-state index contributed by atoms with van der Waals surface area (Å²) in [6.45, 7) is 8.78. The van der Waals surface area contributed by atoms with Crippen LogP contribution in [0.4, 0.5) is 5.69 Å². The second kappa shape index (κ2) is 9.73. The third kappa shape index (κ3) is 6.11. The van der Waals surface area contributed by atoms with Crippen LogP contribution in [0.3, 0.4) is 0 Å². The zero-order valence-electron chi connectivity index (χ0n) is 15.5. The van der Waals surface area contributed by atoms with Gasteiger partial charge < -0.3 is 20.9 Å². The third-order valence-electron chi connectivity index (χ3n) is 5.11. The van der Waals surface area contributed by atoms with Crippen LogP contribution in [0.25, 0.3) is 0 Å². The Morgan fingerprint density at radius 1 is 1.20 bits per heavy atom. The number of likely N-dealkylation sites (N-methyl/N-ethyl adjacent to an activating group) is 1. The number of benzene rings is 1. The fraction of sp³-hybridized carbons (Fsp3) is 0.632. The number of hydrogen-bond acceptors (Lipinski definition) is 3. The molecular weight excluding hydrogens is 425 g/mol. The average molecular weight is 457 g/mol. The lowest BCUT2D eigenvalue weighted by Crippen LogP contribution is -2.46. The van der Waals surface area contributed by atoms with Crippen molar-refractivity contribution in [2.45, 2.75) is 26.2 Å². The largest absolute Gasteiger partial charge is 0.370 e. The fourth-order valence-electron chi connectivity index (χ4n) is 3.62. The summed E-state index contributed by atoms with van der Waals surface area (Å²) >= 11 is 0. The summed E-state index contributed by atoms with van der Waals surface area (Å²) in [7, 11) is 2.19. The van der Waals surface area contributed by atoms with Crippen LogP contribution in [0, 0.1) is 5.92 Å².